The maximum absolute atomic E-state index is 6.79. The van der Waals surface area contributed by atoms with Gasteiger partial charge in [-0.2, -0.15) is 0 Å². The Morgan fingerprint density at radius 1 is 0.530 bits per heavy atom. The van der Waals surface area contributed by atoms with Gasteiger partial charge in [-0.25, -0.2) is 4.98 Å². The summed E-state index contributed by atoms with van der Waals surface area (Å²) in [5, 5.41) is 2.34. The Balaban J connectivity index is 1.04. The van der Waals surface area contributed by atoms with Crippen LogP contribution in [0.25, 0.3) is 83.8 Å². The van der Waals surface area contributed by atoms with E-state index in [2.05, 4.69) is 221 Å². The smallest absolute Gasteiger partial charge is 0.272 e. The minimum Gasteiger partial charge on any atom is -0.472 e. The Kier molecular flexibility index (Phi) is 9.85. The van der Waals surface area contributed by atoms with Crippen LogP contribution in [0.4, 0.5) is 0 Å². The number of ether oxygens (including phenoxy) is 1. The Labute approximate surface area is 385 Å². The van der Waals surface area contributed by atoms with Gasteiger partial charge in [0.1, 0.15) is 28.7 Å². The lowest BCUT2D eigenvalue weighted by atomic mass is 9.86. The SMILES string of the molecule is CC(C)(C)c1ccnc(-n2c3ccc(C(C)(C)C)cc3c3ccc(Oc4cccc(-c5coc6c(-c7ccccc7)[n+](-c7c(-c8ccccc8)cccc7-c7ccccc7)[c-]n56)c4)cc32)c1. The van der Waals surface area contributed by atoms with Crippen molar-refractivity contribution < 1.29 is 13.7 Å². The van der Waals surface area contributed by atoms with Crippen molar-refractivity contribution in [2.75, 3.05) is 0 Å². The summed E-state index contributed by atoms with van der Waals surface area (Å²) in [5.74, 6) is 2.31. The fourth-order valence-electron chi connectivity index (χ4n) is 9.17. The van der Waals surface area contributed by atoms with Gasteiger partial charge in [-0.3, -0.25) is 13.5 Å². The number of rotatable bonds is 8. The van der Waals surface area contributed by atoms with Gasteiger partial charge in [0.25, 0.3) is 6.33 Å². The molecule has 0 aliphatic heterocycles. The number of oxazole rings is 1. The van der Waals surface area contributed by atoms with Gasteiger partial charge in [0.2, 0.25) is 5.71 Å². The number of nitrogens with zero attached hydrogens (tertiary/aromatic N) is 4. The third kappa shape index (κ3) is 7.25. The van der Waals surface area contributed by atoms with Gasteiger partial charge in [-0.15, -0.1) is 0 Å². The van der Waals surface area contributed by atoms with E-state index in [1.165, 1.54) is 16.5 Å². The number of imidazole rings is 1. The molecule has 6 heteroatoms. The summed E-state index contributed by atoms with van der Waals surface area (Å²) in [6.07, 6.45) is 7.53. The van der Waals surface area contributed by atoms with Crippen molar-refractivity contribution in [1.82, 2.24) is 14.0 Å². The number of aromatic nitrogens is 4. The van der Waals surface area contributed by atoms with E-state index in [-0.39, 0.29) is 10.8 Å². The average Bonchev–Trinajstić information content (AvgIpc) is 4.02. The van der Waals surface area contributed by atoms with Crippen molar-refractivity contribution in [2.24, 2.45) is 0 Å². The van der Waals surface area contributed by atoms with Crippen molar-refractivity contribution >= 4 is 27.5 Å². The fourth-order valence-corrected chi connectivity index (χ4v) is 9.17. The van der Waals surface area contributed by atoms with E-state index >= 15 is 0 Å². The topological polar surface area (TPSA) is 48.5 Å². The molecule has 0 aliphatic carbocycles. The van der Waals surface area contributed by atoms with Crippen LogP contribution in [0.1, 0.15) is 52.7 Å². The molecule has 6 nitrogen and oxygen atoms in total. The number of hydrogen-bond donors (Lipinski definition) is 0. The molecule has 0 fully saturated rings. The quantitative estimate of drug-likeness (QED) is 0.113. The van der Waals surface area contributed by atoms with Gasteiger partial charge in [0.05, 0.1) is 23.0 Å². The predicted molar refractivity (Wildman–Crippen MR) is 268 cm³/mol. The molecule has 0 aliphatic rings. The molecule has 0 bridgehead atoms. The molecular formula is C60H50N4O2. The van der Waals surface area contributed by atoms with E-state index in [1.54, 1.807) is 0 Å². The summed E-state index contributed by atoms with van der Waals surface area (Å²) < 4.78 is 19.9. The lowest BCUT2D eigenvalue weighted by molar-refractivity contribution is -0.586. The first kappa shape index (κ1) is 40.8. The predicted octanol–water partition coefficient (Wildman–Crippen LogP) is 15.2. The van der Waals surface area contributed by atoms with Gasteiger partial charge in [-0.05, 0) is 104 Å². The van der Waals surface area contributed by atoms with E-state index in [1.807, 2.05) is 35.1 Å². The van der Waals surface area contributed by atoms with Crippen LogP contribution in [0.3, 0.4) is 0 Å². The molecule has 0 N–H and O–H groups in total. The molecule has 0 amide bonds. The lowest BCUT2D eigenvalue weighted by Gasteiger charge is -2.20. The van der Waals surface area contributed by atoms with Crippen molar-refractivity contribution in [1.29, 1.82) is 0 Å². The van der Waals surface area contributed by atoms with Crippen LogP contribution in [-0.4, -0.2) is 14.0 Å². The Morgan fingerprint density at radius 2 is 1.14 bits per heavy atom. The summed E-state index contributed by atoms with van der Waals surface area (Å²) >= 11 is 0. The zero-order chi connectivity index (χ0) is 45.2. The van der Waals surface area contributed by atoms with Crippen LogP contribution in [0.5, 0.6) is 11.5 Å². The number of para-hydroxylation sites is 1. The fraction of sp³-hybridized carbons (Fsp3) is 0.133. The first-order valence-electron chi connectivity index (χ1n) is 22.6. The molecule has 0 saturated carbocycles. The van der Waals surface area contributed by atoms with Gasteiger partial charge in [0, 0.05) is 23.0 Å². The molecule has 4 aromatic heterocycles. The van der Waals surface area contributed by atoms with E-state index < -0.39 is 0 Å². The van der Waals surface area contributed by atoms with Crippen molar-refractivity contribution in [2.45, 2.75) is 52.4 Å². The number of fused-ring (bicyclic) bond motifs is 4. The molecule has 0 spiro atoms. The number of hydrogen-bond acceptors (Lipinski definition) is 3. The Bertz CT molecular complexity index is 3510. The molecular weight excluding hydrogens is 809 g/mol. The summed E-state index contributed by atoms with van der Waals surface area (Å²) in [5.41, 5.74) is 14.4. The maximum Gasteiger partial charge on any atom is 0.272 e. The molecule has 0 atom stereocenters. The lowest BCUT2D eigenvalue weighted by Crippen LogP contribution is -2.33. The Morgan fingerprint density at radius 3 is 1.80 bits per heavy atom. The monoisotopic (exact) mass is 858 g/mol. The molecule has 322 valence electrons. The third-order valence-corrected chi connectivity index (χ3v) is 12.6. The summed E-state index contributed by atoms with van der Waals surface area (Å²) in [6.45, 7) is 13.5. The van der Waals surface area contributed by atoms with E-state index in [0.29, 0.717) is 11.5 Å². The highest BCUT2D eigenvalue weighted by Crippen LogP contribution is 2.40. The second kappa shape index (κ2) is 15.9. The molecule has 4 heterocycles. The molecule has 7 aromatic carbocycles. The van der Waals surface area contributed by atoms with Crippen LogP contribution in [-0.2, 0) is 10.8 Å². The maximum atomic E-state index is 6.79. The highest BCUT2D eigenvalue weighted by molar-refractivity contribution is 6.10. The molecule has 11 rings (SSSR count). The normalized spacial score (nSPS) is 12.1. The average molecular weight is 859 g/mol. The highest BCUT2D eigenvalue weighted by Gasteiger charge is 2.26. The van der Waals surface area contributed by atoms with Gasteiger partial charge in [-0.1, -0.05) is 169 Å². The van der Waals surface area contributed by atoms with Crippen LogP contribution in [0, 0.1) is 6.33 Å². The van der Waals surface area contributed by atoms with Crippen molar-refractivity contribution in [3.63, 3.8) is 0 Å². The van der Waals surface area contributed by atoms with Gasteiger partial charge < -0.3 is 9.15 Å². The first-order valence-corrected chi connectivity index (χ1v) is 22.6. The van der Waals surface area contributed by atoms with Crippen molar-refractivity contribution in [3.05, 3.63) is 212 Å². The minimum atomic E-state index is -0.0325. The second-order valence-electron chi connectivity index (χ2n) is 19.1. The largest absolute Gasteiger partial charge is 0.472 e. The van der Waals surface area contributed by atoms with Gasteiger partial charge >= 0.3 is 0 Å². The zero-order valence-electron chi connectivity index (χ0n) is 38.1. The minimum absolute atomic E-state index is 0.00117. The van der Waals surface area contributed by atoms with Crippen LogP contribution >= 0.6 is 0 Å². The van der Waals surface area contributed by atoms with Crippen LogP contribution in [0.15, 0.2) is 199 Å². The molecule has 0 unspecified atom stereocenters. The summed E-state index contributed by atoms with van der Waals surface area (Å²) in [4.78, 5) is 4.94. The standard InChI is InChI=1S/C60H50N4O2/c1-59(2,3)44-28-31-52-51(35-44)50-30-29-47(37-53(50)64(52)55-36-45(32-33-61-55)60(4,5)6)66-46-25-16-24-43(34-46)54-38-65-58-56(42-22-14-9-15-23-42)63(39-62(54)58)57-48(40-18-10-7-11-19-40)26-17-27-49(57)41-20-12-8-13-21-41/h7-38H,1-6H3. The molecule has 66 heavy (non-hydrogen) atoms. The zero-order valence-corrected chi connectivity index (χ0v) is 38.1. The number of pyridine rings is 1. The van der Waals surface area contributed by atoms with E-state index in [9.17, 15) is 0 Å². The summed E-state index contributed by atoms with van der Waals surface area (Å²) in [7, 11) is 0. The van der Waals surface area contributed by atoms with Gasteiger partial charge in [0.15, 0.2) is 0 Å². The molecule has 0 radical (unpaired) electrons. The first-order chi connectivity index (χ1) is 32.0. The van der Waals surface area contributed by atoms with E-state index in [0.717, 1.165) is 78.4 Å². The number of benzene rings is 7. The van der Waals surface area contributed by atoms with Crippen LogP contribution < -0.4 is 9.30 Å². The molecule has 0 saturated heterocycles. The second-order valence-corrected chi connectivity index (χ2v) is 19.1. The third-order valence-electron chi connectivity index (χ3n) is 12.6. The Hall–Kier alpha value is -7.96. The molecule has 11 aromatic rings. The van der Waals surface area contributed by atoms with E-state index in [4.69, 9.17) is 14.1 Å². The summed E-state index contributed by atoms with van der Waals surface area (Å²) in [6, 6.07) is 63.8. The van der Waals surface area contributed by atoms with Crippen LogP contribution in [0.2, 0.25) is 0 Å². The highest BCUT2D eigenvalue weighted by atomic mass is 16.5. The van der Waals surface area contributed by atoms with Crippen molar-refractivity contribution in [3.8, 4) is 67.8 Å².